The third kappa shape index (κ3) is 3.16. The number of piperidine rings is 1. The minimum atomic E-state index is -0.0193. The summed E-state index contributed by atoms with van der Waals surface area (Å²) in [7, 11) is 1.62. The zero-order valence-electron chi connectivity index (χ0n) is 16.2. The molecule has 5 heteroatoms. The number of nitrogens with zero attached hydrogens (tertiary/aromatic N) is 1. The van der Waals surface area contributed by atoms with Gasteiger partial charge in [-0.15, -0.1) is 0 Å². The standard InChI is InChI=1S/C23H26N2O3/c1-16(18-4-3-5-19(13-18)27-2)22(26)25-10-8-23(9-11-25)15-28-21-7-6-17(14-24)12-20(21)23/h3-7,12-13H,1,8-11,14-15,24H2,2H3. The van der Waals surface area contributed by atoms with E-state index in [2.05, 4.69) is 12.6 Å². The summed E-state index contributed by atoms with van der Waals surface area (Å²) in [5, 5.41) is 0. The van der Waals surface area contributed by atoms with Gasteiger partial charge in [0, 0.05) is 36.2 Å². The van der Waals surface area contributed by atoms with Gasteiger partial charge in [0.05, 0.1) is 13.7 Å². The minimum absolute atomic E-state index is 0.0158. The number of fused-ring (bicyclic) bond motifs is 2. The average molecular weight is 378 g/mol. The Morgan fingerprint density at radius 1 is 1.25 bits per heavy atom. The lowest BCUT2D eigenvalue weighted by Gasteiger charge is -2.39. The topological polar surface area (TPSA) is 64.8 Å². The van der Waals surface area contributed by atoms with Crippen molar-refractivity contribution in [1.82, 2.24) is 4.90 Å². The van der Waals surface area contributed by atoms with Crippen LogP contribution in [0.1, 0.15) is 29.5 Å². The number of carbonyl (C=O) groups excluding carboxylic acids is 1. The number of methoxy groups -OCH3 is 1. The van der Waals surface area contributed by atoms with Crippen LogP contribution in [0.4, 0.5) is 0 Å². The molecule has 2 N–H and O–H groups in total. The minimum Gasteiger partial charge on any atom is -0.497 e. The molecule has 0 unspecified atom stereocenters. The molecular weight excluding hydrogens is 352 g/mol. The van der Waals surface area contributed by atoms with Crippen molar-refractivity contribution in [3.05, 3.63) is 65.7 Å². The number of rotatable bonds is 4. The van der Waals surface area contributed by atoms with Crippen molar-refractivity contribution in [3.8, 4) is 11.5 Å². The molecule has 146 valence electrons. The number of nitrogens with two attached hydrogens (primary N) is 1. The van der Waals surface area contributed by atoms with Gasteiger partial charge in [0.15, 0.2) is 0 Å². The molecule has 4 rings (SSSR count). The molecule has 0 aliphatic carbocycles. The lowest BCUT2D eigenvalue weighted by molar-refractivity contribution is -0.126. The molecule has 1 fully saturated rings. The van der Waals surface area contributed by atoms with E-state index in [-0.39, 0.29) is 11.3 Å². The first-order valence-electron chi connectivity index (χ1n) is 9.65. The molecule has 2 aliphatic rings. The zero-order valence-corrected chi connectivity index (χ0v) is 16.2. The van der Waals surface area contributed by atoms with Gasteiger partial charge in [-0.3, -0.25) is 4.79 Å². The molecule has 5 nitrogen and oxygen atoms in total. The molecule has 0 aromatic heterocycles. The van der Waals surface area contributed by atoms with Gasteiger partial charge in [-0.2, -0.15) is 0 Å². The van der Waals surface area contributed by atoms with Gasteiger partial charge in [-0.25, -0.2) is 0 Å². The van der Waals surface area contributed by atoms with E-state index in [9.17, 15) is 4.79 Å². The average Bonchev–Trinajstić information content (AvgIpc) is 3.10. The first-order valence-corrected chi connectivity index (χ1v) is 9.65. The first-order chi connectivity index (χ1) is 13.6. The van der Waals surface area contributed by atoms with Crippen molar-refractivity contribution in [2.75, 3.05) is 26.8 Å². The highest BCUT2D eigenvalue weighted by atomic mass is 16.5. The van der Waals surface area contributed by atoms with E-state index in [0.29, 0.717) is 31.8 Å². The van der Waals surface area contributed by atoms with Crippen molar-refractivity contribution >= 4 is 11.5 Å². The molecule has 0 bridgehead atoms. The van der Waals surface area contributed by atoms with E-state index >= 15 is 0 Å². The second-order valence-corrected chi connectivity index (χ2v) is 7.61. The van der Waals surface area contributed by atoms with Crippen LogP contribution in [0, 0.1) is 0 Å². The predicted molar refractivity (Wildman–Crippen MR) is 109 cm³/mol. The summed E-state index contributed by atoms with van der Waals surface area (Å²) in [6.45, 7) is 6.62. The maximum absolute atomic E-state index is 13.0. The number of amides is 1. The summed E-state index contributed by atoms with van der Waals surface area (Å²) in [5.41, 5.74) is 9.47. The van der Waals surface area contributed by atoms with Crippen LogP contribution in [0.2, 0.25) is 0 Å². The van der Waals surface area contributed by atoms with E-state index < -0.39 is 0 Å². The summed E-state index contributed by atoms with van der Waals surface area (Å²) >= 11 is 0. The second kappa shape index (κ2) is 7.32. The Bertz CT molecular complexity index is 914. The van der Waals surface area contributed by atoms with Gasteiger partial charge in [0.1, 0.15) is 11.5 Å². The lowest BCUT2D eigenvalue weighted by Crippen LogP contribution is -2.46. The fourth-order valence-corrected chi connectivity index (χ4v) is 4.21. The van der Waals surface area contributed by atoms with Crippen LogP contribution in [0.3, 0.4) is 0 Å². The third-order valence-corrected chi connectivity index (χ3v) is 6.04. The highest BCUT2D eigenvalue weighted by Gasteiger charge is 2.44. The normalized spacial score (nSPS) is 17.1. The van der Waals surface area contributed by atoms with E-state index in [1.165, 1.54) is 5.56 Å². The van der Waals surface area contributed by atoms with E-state index in [1.54, 1.807) is 7.11 Å². The number of benzene rings is 2. The van der Waals surface area contributed by atoms with Crippen LogP contribution >= 0.6 is 0 Å². The Balaban J connectivity index is 1.48. The molecule has 2 aromatic rings. The van der Waals surface area contributed by atoms with E-state index in [4.69, 9.17) is 15.2 Å². The number of likely N-dealkylation sites (tertiary alicyclic amines) is 1. The lowest BCUT2D eigenvalue weighted by atomic mass is 9.74. The van der Waals surface area contributed by atoms with Crippen LogP contribution in [0.15, 0.2) is 49.0 Å². The maximum Gasteiger partial charge on any atom is 0.253 e. The van der Waals surface area contributed by atoms with Crippen LogP contribution in [-0.4, -0.2) is 37.6 Å². The Labute approximate surface area is 165 Å². The van der Waals surface area contributed by atoms with Crippen molar-refractivity contribution < 1.29 is 14.3 Å². The molecule has 0 atom stereocenters. The Morgan fingerprint density at radius 3 is 2.75 bits per heavy atom. The molecule has 0 radical (unpaired) electrons. The number of ether oxygens (including phenoxy) is 2. The van der Waals surface area contributed by atoms with Crippen molar-refractivity contribution in [2.24, 2.45) is 5.73 Å². The Morgan fingerprint density at radius 2 is 2.04 bits per heavy atom. The van der Waals surface area contributed by atoms with Crippen LogP contribution in [0.25, 0.3) is 5.57 Å². The highest BCUT2D eigenvalue weighted by molar-refractivity contribution is 6.18. The van der Waals surface area contributed by atoms with Gasteiger partial charge < -0.3 is 20.1 Å². The van der Waals surface area contributed by atoms with Crippen molar-refractivity contribution in [1.29, 1.82) is 0 Å². The molecule has 0 saturated carbocycles. The van der Waals surface area contributed by atoms with E-state index in [1.807, 2.05) is 41.3 Å². The molecule has 2 aliphatic heterocycles. The van der Waals surface area contributed by atoms with Gasteiger partial charge in [0.2, 0.25) is 0 Å². The summed E-state index contributed by atoms with van der Waals surface area (Å²) in [4.78, 5) is 14.9. The fourth-order valence-electron chi connectivity index (χ4n) is 4.21. The summed E-state index contributed by atoms with van der Waals surface area (Å²) in [6, 6.07) is 13.7. The maximum atomic E-state index is 13.0. The Kier molecular flexibility index (Phi) is 4.85. The quantitative estimate of drug-likeness (QED) is 0.831. The summed E-state index contributed by atoms with van der Waals surface area (Å²) in [5.74, 6) is 1.66. The van der Waals surface area contributed by atoms with Crippen molar-refractivity contribution in [3.63, 3.8) is 0 Å². The molecule has 2 heterocycles. The monoisotopic (exact) mass is 378 g/mol. The van der Waals surface area contributed by atoms with Gasteiger partial charge >= 0.3 is 0 Å². The summed E-state index contributed by atoms with van der Waals surface area (Å²) in [6.07, 6.45) is 1.76. The predicted octanol–water partition coefficient (Wildman–Crippen LogP) is 3.12. The number of hydrogen-bond donors (Lipinski definition) is 1. The molecular formula is C23H26N2O3. The Hall–Kier alpha value is -2.79. The zero-order chi connectivity index (χ0) is 19.7. The SMILES string of the molecule is C=C(C(=O)N1CCC2(CC1)COc1ccc(CN)cc12)c1cccc(OC)c1. The number of carbonyl (C=O) groups is 1. The molecule has 2 aromatic carbocycles. The number of hydrogen-bond acceptors (Lipinski definition) is 4. The fraction of sp³-hybridized carbons (Fsp3) is 0.348. The highest BCUT2D eigenvalue weighted by Crippen LogP contribution is 2.46. The summed E-state index contributed by atoms with van der Waals surface area (Å²) < 4.78 is 11.2. The second-order valence-electron chi connectivity index (χ2n) is 7.61. The van der Waals surface area contributed by atoms with Gasteiger partial charge in [-0.1, -0.05) is 30.8 Å². The van der Waals surface area contributed by atoms with Crippen molar-refractivity contribution in [2.45, 2.75) is 24.8 Å². The first kappa shape index (κ1) is 18.6. The van der Waals surface area contributed by atoms with Crippen LogP contribution in [0.5, 0.6) is 11.5 Å². The van der Waals surface area contributed by atoms with Crippen LogP contribution < -0.4 is 15.2 Å². The largest absolute Gasteiger partial charge is 0.497 e. The molecule has 28 heavy (non-hydrogen) atoms. The molecule has 1 amide bonds. The van der Waals surface area contributed by atoms with E-state index in [0.717, 1.165) is 35.5 Å². The third-order valence-electron chi connectivity index (χ3n) is 6.04. The molecule has 1 saturated heterocycles. The smallest absolute Gasteiger partial charge is 0.253 e. The van der Waals surface area contributed by atoms with Gasteiger partial charge in [-0.05, 0) is 42.2 Å². The molecule has 1 spiro atoms. The van der Waals surface area contributed by atoms with Gasteiger partial charge in [0.25, 0.3) is 5.91 Å². The van der Waals surface area contributed by atoms with Crippen LogP contribution in [-0.2, 0) is 16.8 Å².